The monoisotopic (exact) mass is 179 g/mol. The zero-order valence-corrected chi connectivity index (χ0v) is 8.12. The van der Waals surface area contributed by atoms with Gasteiger partial charge in [0.05, 0.1) is 6.26 Å². The molecule has 1 heterocycles. The Kier molecular flexibility index (Phi) is 2.69. The maximum atomic E-state index is 5.29. The summed E-state index contributed by atoms with van der Waals surface area (Å²) in [6, 6.07) is 4.52. The van der Waals surface area contributed by atoms with Crippen LogP contribution in [-0.2, 0) is 6.42 Å². The summed E-state index contributed by atoms with van der Waals surface area (Å²) in [7, 11) is 0. The van der Waals surface area contributed by atoms with Crippen molar-refractivity contribution in [2.45, 2.75) is 32.2 Å². The maximum absolute atomic E-state index is 5.29. The lowest BCUT2D eigenvalue weighted by Crippen LogP contribution is -2.29. The van der Waals surface area contributed by atoms with E-state index in [1.807, 2.05) is 12.1 Å². The van der Waals surface area contributed by atoms with Crippen LogP contribution >= 0.6 is 0 Å². The van der Waals surface area contributed by atoms with E-state index in [0.717, 1.165) is 18.1 Å². The highest BCUT2D eigenvalue weighted by Crippen LogP contribution is 2.27. The molecular formula is C11H17NO. The second-order valence-corrected chi connectivity index (χ2v) is 4.04. The van der Waals surface area contributed by atoms with Gasteiger partial charge in [0.25, 0.3) is 0 Å². The molecular weight excluding hydrogens is 162 g/mol. The molecule has 13 heavy (non-hydrogen) atoms. The van der Waals surface area contributed by atoms with Crippen LogP contribution in [0.15, 0.2) is 22.8 Å². The van der Waals surface area contributed by atoms with Crippen molar-refractivity contribution in [3.05, 3.63) is 24.2 Å². The molecule has 2 nitrogen and oxygen atoms in total. The molecule has 1 saturated carbocycles. The van der Waals surface area contributed by atoms with Crippen LogP contribution in [0.25, 0.3) is 0 Å². The van der Waals surface area contributed by atoms with Crippen LogP contribution in [0, 0.1) is 5.92 Å². The lowest BCUT2D eigenvalue weighted by molar-refractivity contribution is 0.452. The Bertz CT molecular complexity index is 239. The van der Waals surface area contributed by atoms with Gasteiger partial charge in [-0.3, -0.25) is 0 Å². The molecule has 0 saturated heterocycles. The van der Waals surface area contributed by atoms with E-state index in [-0.39, 0.29) is 0 Å². The van der Waals surface area contributed by atoms with E-state index in [2.05, 4.69) is 12.2 Å². The number of rotatable bonds is 5. The molecule has 1 fully saturated rings. The summed E-state index contributed by atoms with van der Waals surface area (Å²) in [4.78, 5) is 0. The first-order valence-corrected chi connectivity index (χ1v) is 5.10. The van der Waals surface area contributed by atoms with Gasteiger partial charge in [0.2, 0.25) is 0 Å². The van der Waals surface area contributed by atoms with Crippen molar-refractivity contribution in [3.63, 3.8) is 0 Å². The molecule has 1 N–H and O–H groups in total. The van der Waals surface area contributed by atoms with E-state index in [1.165, 1.54) is 19.4 Å². The second-order valence-electron chi connectivity index (χ2n) is 4.04. The van der Waals surface area contributed by atoms with Crippen LogP contribution in [0.3, 0.4) is 0 Å². The number of hydrogen-bond acceptors (Lipinski definition) is 2. The molecule has 0 aromatic carbocycles. The van der Waals surface area contributed by atoms with E-state index in [0.29, 0.717) is 6.04 Å². The molecule has 2 heteroatoms. The molecule has 1 aromatic rings. The normalized spacial score (nSPS) is 18.8. The van der Waals surface area contributed by atoms with Gasteiger partial charge in [-0.1, -0.05) is 0 Å². The third kappa shape index (κ3) is 2.88. The molecule has 0 spiro atoms. The summed E-state index contributed by atoms with van der Waals surface area (Å²) in [6.07, 6.45) is 5.57. The highest BCUT2D eigenvalue weighted by atomic mass is 16.3. The highest BCUT2D eigenvalue weighted by molar-refractivity contribution is 5.00. The van der Waals surface area contributed by atoms with Crippen LogP contribution in [0.5, 0.6) is 0 Å². The molecule has 0 radical (unpaired) electrons. The number of nitrogens with one attached hydrogen (secondary N) is 1. The van der Waals surface area contributed by atoms with Gasteiger partial charge < -0.3 is 9.73 Å². The lowest BCUT2D eigenvalue weighted by Gasteiger charge is -2.11. The van der Waals surface area contributed by atoms with Gasteiger partial charge in [0, 0.05) is 12.5 Å². The minimum atomic E-state index is 0.534. The summed E-state index contributed by atoms with van der Waals surface area (Å²) in [5, 5.41) is 3.52. The summed E-state index contributed by atoms with van der Waals surface area (Å²) < 4.78 is 5.29. The summed E-state index contributed by atoms with van der Waals surface area (Å²) in [5.74, 6) is 2.04. The number of furan rings is 1. The van der Waals surface area contributed by atoms with Crippen LogP contribution in [0.4, 0.5) is 0 Å². The van der Waals surface area contributed by atoms with Crippen molar-refractivity contribution >= 4 is 0 Å². The van der Waals surface area contributed by atoms with Crippen molar-refractivity contribution in [3.8, 4) is 0 Å². The van der Waals surface area contributed by atoms with Crippen molar-refractivity contribution in [1.29, 1.82) is 0 Å². The maximum Gasteiger partial charge on any atom is 0.105 e. The summed E-state index contributed by atoms with van der Waals surface area (Å²) in [5.41, 5.74) is 0. The van der Waals surface area contributed by atoms with Crippen LogP contribution in [0.2, 0.25) is 0 Å². The first-order chi connectivity index (χ1) is 6.34. The molecule has 1 atom stereocenters. The standard InChI is InChI=1S/C11H17NO/c1-9(12-8-10-4-5-10)7-11-3-2-6-13-11/h2-3,6,9-10,12H,4-5,7-8H2,1H3. The van der Waals surface area contributed by atoms with Crippen LogP contribution < -0.4 is 5.32 Å². The van der Waals surface area contributed by atoms with E-state index in [1.54, 1.807) is 6.26 Å². The zero-order chi connectivity index (χ0) is 9.10. The molecule has 0 bridgehead atoms. The summed E-state index contributed by atoms with van der Waals surface area (Å²) >= 11 is 0. The molecule has 1 aliphatic carbocycles. The molecule has 1 aliphatic rings. The Balaban J connectivity index is 1.68. The molecule has 1 aromatic heterocycles. The predicted octanol–water partition coefficient (Wildman–Crippen LogP) is 2.21. The molecule has 0 aliphatic heterocycles. The smallest absolute Gasteiger partial charge is 0.105 e. The van der Waals surface area contributed by atoms with Crippen LogP contribution in [0.1, 0.15) is 25.5 Å². The Morgan fingerprint density at radius 1 is 1.62 bits per heavy atom. The first kappa shape index (κ1) is 8.82. The van der Waals surface area contributed by atoms with Crippen molar-refractivity contribution in [2.75, 3.05) is 6.54 Å². The fourth-order valence-corrected chi connectivity index (χ4v) is 1.49. The highest BCUT2D eigenvalue weighted by Gasteiger charge is 2.21. The first-order valence-electron chi connectivity index (χ1n) is 5.10. The summed E-state index contributed by atoms with van der Waals surface area (Å²) in [6.45, 7) is 3.40. The van der Waals surface area contributed by atoms with Gasteiger partial charge in [-0.2, -0.15) is 0 Å². The Morgan fingerprint density at radius 2 is 2.46 bits per heavy atom. The fourth-order valence-electron chi connectivity index (χ4n) is 1.49. The van der Waals surface area contributed by atoms with Crippen molar-refractivity contribution in [1.82, 2.24) is 5.32 Å². The molecule has 72 valence electrons. The Morgan fingerprint density at radius 3 is 3.08 bits per heavy atom. The topological polar surface area (TPSA) is 25.2 Å². The van der Waals surface area contributed by atoms with Gasteiger partial charge in [-0.25, -0.2) is 0 Å². The largest absolute Gasteiger partial charge is 0.469 e. The van der Waals surface area contributed by atoms with Gasteiger partial charge in [0.15, 0.2) is 0 Å². The minimum Gasteiger partial charge on any atom is -0.469 e. The van der Waals surface area contributed by atoms with Gasteiger partial charge in [0.1, 0.15) is 5.76 Å². The minimum absolute atomic E-state index is 0.534. The second kappa shape index (κ2) is 3.97. The van der Waals surface area contributed by atoms with Crippen molar-refractivity contribution in [2.24, 2.45) is 5.92 Å². The van der Waals surface area contributed by atoms with E-state index >= 15 is 0 Å². The third-order valence-corrected chi connectivity index (χ3v) is 2.54. The van der Waals surface area contributed by atoms with Gasteiger partial charge >= 0.3 is 0 Å². The van der Waals surface area contributed by atoms with E-state index in [4.69, 9.17) is 4.42 Å². The van der Waals surface area contributed by atoms with Gasteiger partial charge in [-0.15, -0.1) is 0 Å². The van der Waals surface area contributed by atoms with E-state index < -0.39 is 0 Å². The molecule has 0 amide bonds. The quantitative estimate of drug-likeness (QED) is 0.749. The molecule has 2 rings (SSSR count). The van der Waals surface area contributed by atoms with Gasteiger partial charge in [-0.05, 0) is 44.4 Å². The van der Waals surface area contributed by atoms with Crippen LogP contribution in [-0.4, -0.2) is 12.6 Å². The Hall–Kier alpha value is -0.760. The van der Waals surface area contributed by atoms with E-state index in [9.17, 15) is 0 Å². The Labute approximate surface area is 79.3 Å². The third-order valence-electron chi connectivity index (χ3n) is 2.54. The average Bonchev–Trinajstić information content (AvgIpc) is 2.82. The van der Waals surface area contributed by atoms with Crippen molar-refractivity contribution < 1.29 is 4.42 Å². The average molecular weight is 179 g/mol. The fraction of sp³-hybridized carbons (Fsp3) is 0.636. The number of hydrogen-bond donors (Lipinski definition) is 1. The zero-order valence-electron chi connectivity index (χ0n) is 8.12. The molecule has 1 unspecified atom stereocenters. The SMILES string of the molecule is CC(Cc1ccco1)NCC1CC1. The predicted molar refractivity (Wildman–Crippen MR) is 52.6 cm³/mol. The lowest BCUT2D eigenvalue weighted by atomic mass is 10.2.